The molecule has 2 aromatic carbocycles. The predicted molar refractivity (Wildman–Crippen MR) is 113 cm³/mol. The van der Waals surface area contributed by atoms with Crippen LogP contribution in [0.2, 0.25) is 0 Å². The van der Waals surface area contributed by atoms with Gasteiger partial charge >= 0.3 is 6.61 Å². The smallest absolute Gasteiger partial charge is 0.387 e. The molecule has 0 unspecified atom stereocenters. The number of hydrogen-bond donors (Lipinski definition) is 1. The van der Waals surface area contributed by atoms with E-state index in [4.69, 9.17) is 4.74 Å². The number of nitrogens with one attached hydrogen (secondary N) is 1. The van der Waals surface area contributed by atoms with Crippen molar-refractivity contribution in [3.05, 3.63) is 42.5 Å². The fraction of sp³-hybridized carbons (Fsp3) is 0.381. The molecule has 0 atom stereocenters. The maximum absolute atomic E-state index is 12.8. The fourth-order valence-electron chi connectivity index (χ4n) is 3.50. The lowest BCUT2D eigenvalue weighted by Gasteiger charge is -2.29. The number of sulfonamides is 1. The van der Waals surface area contributed by atoms with Crippen LogP contribution in [0.3, 0.4) is 0 Å². The molecule has 3 rings (SSSR count). The fourth-order valence-corrected chi connectivity index (χ4v) is 4.37. The van der Waals surface area contributed by atoms with Gasteiger partial charge in [-0.15, -0.1) is 0 Å². The van der Waals surface area contributed by atoms with Gasteiger partial charge in [0.1, 0.15) is 11.5 Å². The molecular formula is C21H24F2N2O5S. The highest BCUT2D eigenvalue weighted by molar-refractivity contribution is 7.88. The molecule has 31 heavy (non-hydrogen) atoms. The molecule has 0 aliphatic carbocycles. The van der Waals surface area contributed by atoms with E-state index >= 15 is 0 Å². The molecule has 0 saturated carbocycles. The first-order valence-electron chi connectivity index (χ1n) is 9.66. The molecule has 1 N–H and O–H groups in total. The Morgan fingerprint density at radius 1 is 1.13 bits per heavy atom. The Morgan fingerprint density at radius 3 is 2.32 bits per heavy atom. The van der Waals surface area contributed by atoms with Gasteiger partial charge in [0.2, 0.25) is 15.9 Å². The predicted octanol–water partition coefficient (Wildman–Crippen LogP) is 3.57. The van der Waals surface area contributed by atoms with Crippen LogP contribution >= 0.6 is 0 Å². The lowest BCUT2D eigenvalue weighted by molar-refractivity contribution is -0.120. The van der Waals surface area contributed by atoms with Crippen molar-refractivity contribution in [2.45, 2.75) is 19.5 Å². The minimum Gasteiger partial charge on any atom is -0.497 e. The van der Waals surface area contributed by atoms with E-state index in [1.807, 2.05) is 0 Å². The number of benzene rings is 2. The lowest BCUT2D eigenvalue weighted by Crippen LogP contribution is -2.40. The highest BCUT2D eigenvalue weighted by Crippen LogP contribution is 2.35. The first-order valence-corrected chi connectivity index (χ1v) is 11.5. The summed E-state index contributed by atoms with van der Waals surface area (Å²) in [6.07, 6.45) is 1.98. The Kier molecular flexibility index (Phi) is 7.11. The van der Waals surface area contributed by atoms with E-state index in [-0.39, 0.29) is 30.7 Å². The average molecular weight is 454 g/mol. The number of carbonyl (C=O) groups is 1. The summed E-state index contributed by atoms with van der Waals surface area (Å²) in [6, 6.07) is 11.3. The molecule has 1 aliphatic rings. The van der Waals surface area contributed by atoms with Crippen LogP contribution < -0.4 is 14.8 Å². The van der Waals surface area contributed by atoms with Crippen molar-refractivity contribution in [2.24, 2.45) is 5.92 Å². The first kappa shape index (κ1) is 23.0. The summed E-state index contributed by atoms with van der Waals surface area (Å²) in [4.78, 5) is 12.7. The first-order chi connectivity index (χ1) is 14.7. The number of piperidine rings is 1. The number of amides is 1. The topological polar surface area (TPSA) is 84.9 Å². The molecular weight excluding hydrogens is 430 g/mol. The second-order valence-corrected chi connectivity index (χ2v) is 9.23. The Hall–Kier alpha value is -2.72. The normalized spacial score (nSPS) is 15.6. The summed E-state index contributed by atoms with van der Waals surface area (Å²) >= 11 is 0. The highest BCUT2D eigenvalue weighted by Gasteiger charge is 2.29. The van der Waals surface area contributed by atoms with Crippen LogP contribution in [-0.4, -0.2) is 51.7 Å². The molecule has 0 radical (unpaired) electrons. The minimum absolute atomic E-state index is 0.0142. The zero-order valence-corrected chi connectivity index (χ0v) is 18.0. The van der Waals surface area contributed by atoms with Gasteiger partial charge in [0.25, 0.3) is 0 Å². The van der Waals surface area contributed by atoms with Crippen LogP contribution in [0, 0.1) is 5.92 Å². The van der Waals surface area contributed by atoms with E-state index in [0.29, 0.717) is 35.4 Å². The summed E-state index contributed by atoms with van der Waals surface area (Å²) in [5.74, 6) is 0.0281. The van der Waals surface area contributed by atoms with Crippen molar-refractivity contribution in [1.29, 1.82) is 0 Å². The molecule has 1 amide bonds. The number of anilines is 1. The van der Waals surface area contributed by atoms with Crippen molar-refractivity contribution in [3.63, 3.8) is 0 Å². The molecule has 1 fully saturated rings. The molecule has 0 spiro atoms. The van der Waals surface area contributed by atoms with E-state index in [9.17, 15) is 22.0 Å². The number of alkyl halides is 2. The number of methoxy groups -OCH3 is 1. The summed E-state index contributed by atoms with van der Waals surface area (Å²) in [5.41, 5.74) is 1.45. The number of nitrogens with zero attached hydrogens (tertiary/aromatic N) is 1. The average Bonchev–Trinajstić information content (AvgIpc) is 2.74. The second kappa shape index (κ2) is 9.61. The number of hydrogen-bond acceptors (Lipinski definition) is 5. The van der Waals surface area contributed by atoms with Gasteiger partial charge in [0.15, 0.2) is 0 Å². The largest absolute Gasteiger partial charge is 0.497 e. The van der Waals surface area contributed by atoms with Gasteiger partial charge in [-0.05, 0) is 48.7 Å². The quantitative estimate of drug-likeness (QED) is 0.691. The van der Waals surface area contributed by atoms with Crippen LogP contribution in [-0.2, 0) is 14.8 Å². The summed E-state index contributed by atoms with van der Waals surface area (Å²) in [5, 5.41) is 2.80. The van der Waals surface area contributed by atoms with Crippen LogP contribution in [0.4, 0.5) is 14.5 Å². The van der Waals surface area contributed by atoms with Crippen LogP contribution in [0.15, 0.2) is 42.5 Å². The highest BCUT2D eigenvalue weighted by atomic mass is 32.2. The molecule has 2 aromatic rings. The van der Waals surface area contributed by atoms with E-state index < -0.39 is 16.6 Å². The monoisotopic (exact) mass is 454 g/mol. The van der Waals surface area contributed by atoms with Gasteiger partial charge in [0, 0.05) is 30.3 Å². The molecule has 7 nitrogen and oxygen atoms in total. The van der Waals surface area contributed by atoms with Crippen molar-refractivity contribution in [3.8, 4) is 22.6 Å². The molecule has 0 aromatic heterocycles. The SMILES string of the molecule is COc1ccc(-c2cc(NC(=O)C3CCN(S(C)(=O)=O)CC3)ccc2OC(F)F)cc1. The van der Waals surface area contributed by atoms with E-state index in [0.717, 1.165) is 6.26 Å². The number of rotatable bonds is 7. The number of carbonyl (C=O) groups excluding carboxylic acids is 1. The molecule has 0 bridgehead atoms. The lowest BCUT2D eigenvalue weighted by atomic mass is 9.97. The standard InChI is InChI=1S/C21H24F2N2O5S/c1-29-17-6-3-14(4-7-17)18-13-16(5-8-19(18)30-21(22)23)24-20(26)15-9-11-25(12-10-15)31(2,27)28/h3-8,13,15,21H,9-12H2,1-2H3,(H,24,26). The Balaban J connectivity index is 1.78. The van der Waals surface area contributed by atoms with E-state index in [1.165, 1.54) is 23.5 Å². The Morgan fingerprint density at radius 2 is 1.77 bits per heavy atom. The molecule has 168 valence electrons. The number of halogens is 2. The summed E-state index contributed by atoms with van der Waals surface area (Å²) in [7, 11) is -1.75. The van der Waals surface area contributed by atoms with Gasteiger partial charge in [-0.3, -0.25) is 4.79 Å². The van der Waals surface area contributed by atoms with Crippen LogP contribution in [0.5, 0.6) is 11.5 Å². The van der Waals surface area contributed by atoms with Crippen molar-refractivity contribution >= 4 is 21.6 Å². The third-order valence-corrected chi connectivity index (χ3v) is 6.46. The van der Waals surface area contributed by atoms with Gasteiger partial charge < -0.3 is 14.8 Å². The van der Waals surface area contributed by atoms with Crippen molar-refractivity contribution in [2.75, 3.05) is 31.8 Å². The molecule has 1 aliphatic heterocycles. The molecule has 10 heteroatoms. The Bertz CT molecular complexity index is 1020. The van der Waals surface area contributed by atoms with Gasteiger partial charge in [-0.2, -0.15) is 8.78 Å². The minimum atomic E-state index is -3.27. The second-order valence-electron chi connectivity index (χ2n) is 7.24. The molecule has 1 heterocycles. The van der Waals surface area contributed by atoms with Crippen LogP contribution in [0.25, 0.3) is 11.1 Å². The third-order valence-electron chi connectivity index (χ3n) is 5.16. The van der Waals surface area contributed by atoms with E-state index in [1.54, 1.807) is 30.3 Å². The zero-order chi connectivity index (χ0) is 22.6. The van der Waals surface area contributed by atoms with Gasteiger partial charge in [0.05, 0.1) is 13.4 Å². The summed E-state index contributed by atoms with van der Waals surface area (Å²) < 4.78 is 60.1. The van der Waals surface area contributed by atoms with Crippen molar-refractivity contribution in [1.82, 2.24) is 4.31 Å². The van der Waals surface area contributed by atoms with Crippen molar-refractivity contribution < 1.29 is 31.5 Å². The maximum atomic E-state index is 12.8. The Labute approximate surface area is 180 Å². The third kappa shape index (κ3) is 5.92. The maximum Gasteiger partial charge on any atom is 0.387 e. The zero-order valence-electron chi connectivity index (χ0n) is 17.2. The van der Waals surface area contributed by atoms with Crippen LogP contribution in [0.1, 0.15) is 12.8 Å². The van der Waals surface area contributed by atoms with E-state index in [2.05, 4.69) is 10.1 Å². The summed E-state index contributed by atoms with van der Waals surface area (Å²) in [6.45, 7) is -2.41. The van der Waals surface area contributed by atoms with Gasteiger partial charge in [-0.1, -0.05) is 12.1 Å². The molecule has 1 saturated heterocycles. The van der Waals surface area contributed by atoms with Gasteiger partial charge in [-0.25, -0.2) is 12.7 Å². The number of ether oxygens (including phenoxy) is 2.